The predicted molar refractivity (Wildman–Crippen MR) is 69.6 cm³/mol. The second kappa shape index (κ2) is 7.12. The van der Waals surface area contributed by atoms with Gasteiger partial charge in [-0.2, -0.15) is 0 Å². The monoisotopic (exact) mass is 237 g/mol. The highest BCUT2D eigenvalue weighted by Gasteiger charge is 2.26. The molecule has 2 fully saturated rings. The van der Waals surface area contributed by atoms with Gasteiger partial charge in [-0.15, -0.1) is 0 Å². The van der Waals surface area contributed by atoms with Crippen LogP contribution >= 0.6 is 0 Å². The fourth-order valence-corrected chi connectivity index (χ4v) is 3.06. The molecule has 2 aliphatic rings. The highest BCUT2D eigenvalue weighted by Crippen LogP contribution is 2.17. The molecule has 0 spiro atoms. The van der Waals surface area contributed by atoms with Gasteiger partial charge in [0.25, 0.3) is 0 Å². The van der Waals surface area contributed by atoms with E-state index in [2.05, 4.69) is 16.1 Å². The smallest absolute Gasteiger partial charge is 0.233 e. The lowest BCUT2D eigenvalue weighted by atomic mass is 10.2. The Hall–Kier alpha value is -0.410. The van der Waals surface area contributed by atoms with E-state index in [-0.39, 0.29) is 6.17 Å². The van der Waals surface area contributed by atoms with Crippen LogP contribution in [0.5, 0.6) is 0 Å². The van der Waals surface area contributed by atoms with Crippen molar-refractivity contribution in [3.8, 4) is 0 Å². The summed E-state index contributed by atoms with van der Waals surface area (Å²) in [6, 6.07) is 0. The molecule has 0 saturated carbocycles. The Labute approximate surface area is 105 Å². The van der Waals surface area contributed by atoms with Crippen LogP contribution in [-0.2, 0) is 4.79 Å². The lowest BCUT2D eigenvalue weighted by Gasteiger charge is -2.34. The van der Waals surface area contributed by atoms with Crippen LogP contribution in [0.4, 0.5) is 0 Å². The van der Waals surface area contributed by atoms with Gasteiger partial charge in [-0.1, -0.05) is 25.7 Å². The van der Waals surface area contributed by atoms with Gasteiger partial charge in [0.15, 0.2) is 0 Å². The maximum atomic E-state index is 11.3. The van der Waals surface area contributed by atoms with E-state index in [1.165, 1.54) is 51.4 Å². The van der Waals surface area contributed by atoms with Crippen LogP contribution in [0.2, 0.25) is 0 Å². The Morgan fingerprint density at radius 2 is 1.00 bits per heavy atom. The molecule has 0 bridgehead atoms. The standard InChI is InChI=1S/C14H25N2O/c17-13-14(15-9-5-1-2-6-10-15)16-11-7-3-4-8-12-16/h14H,1-12H2. The minimum atomic E-state index is -0.0637. The number of hydrogen-bond donors (Lipinski definition) is 0. The summed E-state index contributed by atoms with van der Waals surface area (Å²) in [4.78, 5) is 16.0. The van der Waals surface area contributed by atoms with E-state index >= 15 is 0 Å². The van der Waals surface area contributed by atoms with Gasteiger partial charge in [0.05, 0.1) is 0 Å². The maximum absolute atomic E-state index is 11.3. The molecular formula is C14H25N2O. The summed E-state index contributed by atoms with van der Waals surface area (Å²) in [6.45, 7) is 4.32. The molecule has 0 aliphatic carbocycles. The van der Waals surface area contributed by atoms with Crippen molar-refractivity contribution < 1.29 is 4.79 Å². The first-order chi connectivity index (χ1) is 8.42. The number of hydrogen-bond acceptors (Lipinski definition) is 3. The molecule has 0 atom stereocenters. The van der Waals surface area contributed by atoms with E-state index < -0.39 is 0 Å². The van der Waals surface area contributed by atoms with Gasteiger partial charge in [0.1, 0.15) is 6.17 Å². The van der Waals surface area contributed by atoms with Gasteiger partial charge in [-0.3, -0.25) is 14.6 Å². The van der Waals surface area contributed by atoms with Crippen LogP contribution in [0.25, 0.3) is 0 Å². The molecule has 0 unspecified atom stereocenters. The molecule has 3 nitrogen and oxygen atoms in total. The van der Waals surface area contributed by atoms with E-state index in [4.69, 9.17) is 0 Å². The van der Waals surface area contributed by atoms with Crippen LogP contribution in [0.3, 0.4) is 0 Å². The van der Waals surface area contributed by atoms with Gasteiger partial charge in [-0.05, 0) is 25.7 Å². The number of carbonyl (C=O) groups excluding carboxylic acids is 1. The molecule has 2 heterocycles. The molecule has 2 aliphatic heterocycles. The highest BCUT2D eigenvalue weighted by atomic mass is 16.1. The molecule has 0 aromatic carbocycles. The van der Waals surface area contributed by atoms with E-state index in [0.29, 0.717) is 0 Å². The number of rotatable bonds is 3. The van der Waals surface area contributed by atoms with Crippen LogP contribution in [-0.4, -0.2) is 48.4 Å². The van der Waals surface area contributed by atoms with Gasteiger partial charge in [-0.25, -0.2) is 0 Å². The summed E-state index contributed by atoms with van der Waals surface area (Å²) in [7, 11) is 0. The first kappa shape index (κ1) is 13.0. The van der Waals surface area contributed by atoms with E-state index in [0.717, 1.165) is 26.2 Å². The average Bonchev–Trinajstić information content (AvgIpc) is 2.75. The van der Waals surface area contributed by atoms with Crippen LogP contribution in [0.15, 0.2) is 0 Å². The quantitative estimate of drug-likeness (QED) is 0.751. The third-order valence-electron chi connectivity index (χ3n) is 4.08. The minimum absolute atomic E-state index is 0.0637. The lowest BCUT2D eigenvalue weighted by Crippen LogP contribution is -2.50. The molecule has 0 amide bonds. The van der Waals surface area contributed by atoms with Gasteiger partial charge in [0.2, 0.25) is 6.29 Å². The Bertz CT molecular complexity index is 196. The summed E-state index contributed by atoms with van der Waals surface area (Å²) in [6.07, 6.45) is 12.5. The SMILES string of the molecule is O=[C]C(N1CCCCCC1)N1CCCCCC1. The number of nitrogens with zero attached hydrogens (tertiary/aromatic N) is 2. The highest BCUT2D eigenvalue weighted by molar-refractivity contribution is 5.58. The van der Waals surface area contributed by atoms with Crippen molar-refractivity contribution in [1.29, 1.82) is 0 Å². The summed E-state index contributed by atoms with van der Waals surface area (Å²) >= 11 is 0. The Kier molecular flexibility index (Phi) is 5.46. The van der Waals surface area contributed by atoms with E-state index in [9.17, 15) is 4.79 Å². The summed E-state index contributed by atoms with van der Waals surface area (Å²) < 4.78 is 0. The van der Waals surface area contributed by atoms with Crippen LogP contribution < -0.4 is 0 Å². The fraction of sp³-hybridized carbons (Fsp3) is 0.929. The normalized spacial score (nSPS) is 25.5. The van der Waals surface area contributed by atoms with Crippen LogP contribution in [0.1, 0.15) is 51.4 Å². The molecule has 0 N–H and O–H groups in total. The molecule has 1 radical (unpaired) electrons. The van der Waals surface area contributed by atoms with Crippen molar-refractivity contribution in [2.24, 2.45) is 0 Å². The average molecular weight is 237 g/mol. The third kappa shape index (κ3) is 3.78. The molecule has 2 saturated heterocycles. The van der Waals surface area contributed by atoms with Crippen LogP contribution in [0, 0.1) is 0 Å². The Balaban J connectivity index is 1.94. The zero-order valence-corrected chi connectivity index (χ0v) is 10.9. The van der Waals surface area contributed by atoms with E-state index in [1.54, 1.807) is 0 Å². The first-order valence-corrected chi connectivity index (χ1v) is 7.27. The molecule has 2 rings (SSSR count). The Morgan fingerprint density at radius 1 is 0.647 bits per heavy atom. The third-order valence-corrected chi connectivity index (χ3v) is 4.08. The van der Waals surface area contributed by atoms with Crippen molar-refractivity contribution in [2.45, 2.75) is 57.5 Å². The predicted octanol–water partition coefficient (Wildman–Crippen LogP) is 2.17. The summed E-state index contributed by atoms with van der Waals surface area (Å²) in [5.74, 6) is 0. The number of likely N-dealkylation sites (tertiary alicyclic amines) is 2. The zero-order chi connectivity index (χ0) is 11.9. The zero-order valence-electron chi connectivity index (χ0n) is 10.9. The molecular weight excluding hydrogens is 212 g/mol. The largest absolute Gasteiger partial charge is 0.287 e. The molecule has 0 aromatic heterocycles. The van der Waals surface area contributed by atoms with Gasteiger partial charge < -0.3 is 0 Å². The molecule has 0 aromatic rings. The van der Waals surface area contributed by atoms with E-state index in [1.807, 2.05) is 0 Å². The van der Waals surface area contributed by atoms with Gasteiger partial charge >= 0.3 is 0 Å². The molecule has 97 valence electrons. The van der Waals surface area contributed by atoms with Crippen molar-refractivity contribution in [3.63, 3.8) is 0 Å². The summed E-state index contributed by atoms with van der Waals surface area (Å²) in [5, 5.41) is 0. The summed E-state index contributed by atoms with van der Waals surface area (Å²) in [5.41, 5.74) is 0. The fourth-order valence-electron chi connectivity index (χ4n) is 3.06. The van der Waals surface area contributed by atoms with Crippen molar-refractivity contribution >= 4 is 6.29 Å². The molecule has 17 heavy (non-hydrogen) atoms. The molecule has 3 heteroatoms. The van der Waals surface area contributed by atoms with Gasteiger partial charge in [0, 0.05) is 26.2 Å². The Morgan fingerprint density at radius 3 is 1.29 bits per heavy atom. The maximum Gasteiger partial charge on any atom is 0.233 e. The first-order valence-electron chi connectivity index (χ1n) is 7.27. The second-order valence-electron chi connectivity index (χ2n) is 5.39. The topological polar surface area (TPSA) is 23.6 Å². The minimum Gasteiger partial charge on any atom is -0.287 e. The lowest BCUT2D eigenvalue weighted by molar-refractivity contribution is 0.0920. The van der Waals surface area contributed by atoms with Crippen molar-refractivity contribution in [2.75, 3.05) is 26.2 Å². The second-order valence-corrected chi connectivity index (χ2v) is 5.39. The van der Waals surface area contributed by atoms with Crippen molar-refractivity contribution in [3.05, 3.63) is 0 Å². The van der Waals surface area contributed by atoms with Crippen molar-refractivity contribution in [1.82, 2.24) is 9.80 Å².